The van der Waals surface area contributed by atoms with Gasteiger partial charge in [0, 0.05) is 17.5 Å². The molecular weight excluding hydrogens is 432 g/mol. The number of esters is 1. The summed E-state index contributed by atoms with van der Waals surface area (Å²) in [6, 6.07) is 12.3. The van der Waals surface area contributed by atoms with Crippen molar-refractivity contribution in [3.63, 3.8) is 0 Å². The van der Waals surface area contributed by atoms with Crippen LogP contribution in [0.2, 0.25) is 0 Å². The number of rotatable bonds is 9. The third kappa shape index (κ3) is 5.71. The van der Waals surface area contributed by atoms with Gasteiger partial charge < -0.3 is 20.3 Å². The van der Waals surface area contributed by atoms with E-state index in [1.54, 1.807) is 42.5 Å². The summed E-state index contributed by atoms with van der Waals surface area (Å²) in [5, 5.41) is 11.2. The van der Waals surface area contributed by atoms with Gasteiger partial charge in [0.1, 0.15) is 6.04 Å². The lowest BCUT2D eigenvalue weighted by Gasteiger charge is -2.11. The topological polar surface area (TPSA) is 163 Å². The zero-order valence-corrected chi connectivity index (χ0v) is 17.7. The highest BCUT2D eigenvalue weighted by molar-refractivity contribution is 6.10. The third-order valence-corrected chi connectivity index (χ3v) is 4.78. The maximum atomic E-state index is 12.7. The summed E-state index contributed by atoms with van der Waals surface area (Å²) < 4.78 is 11.2. The standard InChI is InChI=1S/C22H22N4O7/c1-32-22(31)25-21-24-16-11-14(19(28)13-5-3-2-4-6-13)7-9-17(16)26(21)12-33-18(27)10-8-15(23)20(29)30/h2-7,9,11,15H,8,10,12,23H2,1H3,(H,29,30)(H,24,25,31)/t15-/m0/s1. The molecular formula is C22H22N4O7. The molecule has 33 heavy (non-hydrogen) atoms. The zero-order chi connectivity index (χ0) is 24.0. The van der Waals surface area contributed by atoms with Gasteiger partial charge in [-0.25, -0.2) is 9.78 Å². The van der Waals surface area contributed by atoms with Crippen molar-refractivity contribution in [2.75, 3.05) is 12.4 Å². The number of fused-ring (bicyclic) bond motifs is 1. The fourth-order valence-electron chi connectivity index (χ4n) is 3.00. The molecule has 0 saturated heterocycles. The molecule has 0 bridgehead atoms. The lowest BCUT2D eigenvalue weighted by molar-refractivity contribution is -0.147. The summed E-state index contributed by atoms with van der Waals surface area (Å²) in [5.74, 6) is -2.05. The van der Waals surface area contributed by atoms with Crippen molar-refractivity contribution < 1.29 is 33.8 Å². The molecule has 0 fully saturated rings. The van der Waals surface area contributed by atoms with Crippen LogP contribution >= 0.6 is 0 Å². The fourth-order valence-corrected chi connectivity index (χ4v) is 3.00. The molecule has 0 spiro atoms. The van der Waals surface area contributed by atoms with Gasteiger partial charge in [-0.1, -0.05) is 30.3 Å². The van der Waals surface area contributed by atoms with Crippen LogP contribution in [0, 0.1) is 0 Å². The van der Waals surface area contributed by atoms with Crippen LogP contribution in [-0.4, -0.2) is 51.6 Å². The van der Waals surface area contributed by atoms with E-state index in [-0.39, 0.29) is 31.3 Å². The molecule has 0 unspecified atom stereocenters. The quantitative estimate of drug-likeness (QED) is 0.325. The van der Waals surface area contributed by atoms with Gasteiger partial charge in [0.2, 0.25) is 5.95 Å². The van der Waals surface area contributed by atoms with E-state index in [9.17, 15) is 19.2 Å². The van der Waals surface area contributed by atoms with Gasteiger partial charge >= 0.3 is 18.0 Å². The number of carbonyl (C=O) groups excluding carboxylic acids is 3. The summed E-state index contributed by atoms with van der Waals surface area (Å²) in [6.45, 7) is -0.317. The van der Waals surface area contributed by atoms with Gasteiger partial charge in [0.05, 0.1) is 18.1 Å². The molecule has 1 aromatic heterocycles. The first kappa shape index (κ1) is 23.4. The van der Waals surface area contributed by atoms with Crippen LogP contribution in [0.3, 0.4) is 0 Å². The second-order valence-electron chi connectivity index (χ2n) is 7.01. The number of hydrogen-bond donors (Lipinski definition) is 3. The minimum absolute atomic E-state index is 0.0381. The summed E-state index contributed by atoms with van der Waals surface area (Å²) >= 11 is 0. The molecule has 1 heterocycles. The summed E-state index contributed by atoms with van der Waals surface area (Å²) in [4.78, 5) is 51.6. The highest BCUT2D eigenvalue weighted by Gasteiger charge is 2.19. The third-order valence-electron chi connectivity index (χ3n) is 4.78. The molecule has 11 nitrogen and oxygen atoms in total. The number of aromatic nitrogens is 2. The molecule has 1 atom stereocenters. The van der Waals surface area contributed by atoms with Crippen LogP contribution in [0.1, 0.15) is 28.8 Å². The molecule has 2 aromatic carbocycles. The normalized spacial score (nSPS) is 11.6. The number of aliphatic carboxylic acids is 1. The Morgan fingerprint density at radius 1 is 1.12 bits per heavy atom. The number of hydrogen-bond acceptors (Lipinski definition) is 8. The number of methoxy groups -OCH3 is 1. The second-order valence-corrected chi connectivity index (χ2v) is 7.01. The number of ketones is 1. The smallest absolute Gasteiger partial charge is 0.413 e. The molecule has 3 rings (SSSR count). The Morgan fingerprint density at radius 2 is 1.85 bits per heavy atom. The molecule has 0 aliphatic heterocycles. The lowest BCUT2D eigenvalue weighted by atomic mass is 10.0. The van der Waals surface area contributed by atoms with Gasteiger partial charge in [0.15, 0.2) is 12.5 Å². The van der Waals surface area contributed by atoms with Crippen LogP contribution < -0.4 is 11.1 Å². The molecule has 11 heteroatoms. The van der Waals surface area contributed by atoms with Crippen LogP contribution in [0.15, 0.2) is 48.5 Å². The molecule has 1 amide bonds. The summed E-state index contributed by atoms with van der Waals surface area (Å²) in [5.41, 5.74) is 7.17. The van der Waals surface area contributed by atoms with Crippen molar-refractivity contribution in [2.45, 2.75) is 25.6 Å². The Morgan fingerprint density at radius 3 is 2.52 bits per heavy atom. The monoisotopic (exact) mass is 454 g/mol. The van der Waals surface area contributed by atoms with Crippen LogP contribution in [0.4, 0.5) is 10.7 Å². The molecule has 0 radical (unpaired) electrons. The first-order valence-corrected chi connectivity index (χ1v) is 9.89. The maximum Gasteiger partial charge on any atom is 0.413 e. The van der Waals surface area contributed by atoms with Gasteiger partial charge in [-0.2, -0.15) is 0 Å². The van der Waals surface area contributed by atoms with Crippen molar-refractivity contribution in [2.24, 2.45) is 5.73 Å². The predicted molar refractivity (Wildman–Crippen MR) is 117 cm³/mol. The van der Waals surface area contributed by atoms with E-state index in [1.165, 1.54) is 11.7 Å². The van der Waals surface area contributed by atoms with E-state index in [0.29, 0.717) is 22.2 Å². The van der Waals surface area contributed by atoms with Crippen LogP contribution in [-0.2, 0) is 25.8 Å². The molecule has 172 valence electrons. The number of amides is 1. The van der Waals surface area contributed by atoms with Gasteiger partial charge in [-0.05, 0) is 24.6 Å². The number of carboxylic acid groups (broad SMARTS) is 1. The minimum Gasteiger partial charge on any atom is -0.480 e. The summed E-state index contributed by atoms with van der Waals surface area (Å²) in [6.07, 6.45) is -1.07. The van der Waals surface area contributed by atoms with Crippen molar-refractivity contribution >= 4 is 40.8 Å². The van der Waals surface area contributed by atoms with Crippen LogP contribution in [0.25, 0.3) is 11.0 Å². The summed E-state index contributed by atoms with van der Waals surface area (Å²) in [7, 11) is 1.19. The zero-order valence-electron chi connectivity index (χ0n) is 17.7. The number of carbonyl (C=O) groups is 4. The molecule has 0 saturated carbocycles. The maximum absolute atomic E-state index is 12.7. The van der Waals surface area contributed by atoms with E-state index in [0.717, 1.165) is 0 Å². The largest absolute Gasteiger partial charge is 0.480 e. The SMILES string of the molecule is COC(=O)Nc1nc2cc(C(=O)c3ccccc3)ccc2n1COC(=O)CC[C@H](N)C(=O)O. The van der Waals surface area contributed by atoms with Gasteiger partial charge in [0.25, 0.3) is 0 Å². The number of benzene rings is 2. The second kappa shape index (κ2) is 10.4. The van der Waals surface area contributed by atoms with Crippen LogP contribution in [0.5, 0.6) is 0 Å². The average Bonchev–Trinajstić information content (AvgIpc) is 3.16. The van der Waals surface area contributed by atoms with Crippen molar-refractivity contribution in [3.05, 3.63) is 59.7 Å². The van der Waals surface area contributed by atoms with E-state index >= 15 is 0 Å². The fraction of sp³-hybridized carbons (Fsp3) is 0.227. The average molecular weight is 454 g/mol. The van der Waals surface area contributed by atoms with Crippen molar-refractivity contribution in [3.8, 4) is 0 Å². The van der Waals surface area contributed by atoms with E-state index in [4.69, 9.17) is 15.6 Å². The highest BCUT2D eigenvalue weighted by atomic mass is 16.5. The van der Waals surface area contributed by atoms with Gasteiger partial charge in [-0.15, -0.1) is 0 Å². The Bertz CT molecular complexity index is 1190. The molecule has 3 aromatic rings. The van der Waals surface area contributed by atoms with E-state index in [2.05, 4.69) is 15.0 Å². The van der Waals surface area contributed by atoms with E-state index < -0.39 is 24.1 Å². The number of nitrogens with one attached hydrogen (secondary N) is 1. The molecule has 0 aliphatic carbocycles. The number of carboxylic acids is 1. The Kier molecular flexibility index (Phi) is 7.36. The first-order valence-electron chi connectivity index (χ1n) is 9.89. The van der Waals surface area contributed by atoms with Crippen molar-refractivity contribution in [1.29, 1.82) is 0 Å². The first-order chi connectivity index (χ1) is 15.8. The Labute approximate surface area is 188 Å². The molecule has 4 N–H and O–H groups in total. The number of anilines is 1. The number of ether oxygens (including phenoxy) is 2. The molecule has 0 aliphatic rings. The predicted octanol–water partition coefficient (Wildman–Crippen LogP) is 2.14. The van der Waals surface area contributed by atoms with Gasteiger partial charge in [-0.3, -0.25) is 24.3 Å². The number of nitrogens with two attached hydrogens (primary N) is 1. The lowest BCUT2D eigenvalue weighted by Crippen LogP contribution is -2.30. The number of nitrogens with zero attached hydrogens (tertiary/aromatic N) is 2. The Balaban J connectivity index is 1.84. The highest BCUT2D eigenvalue weighted by Crippen LogP contribution is 2.23. The minimum atomic E-state index is -1.21. The van der Waals surface area contributed by atoms with E-state index in [1.807, 2.05) is 6.07 Å². The van der Waals surface area contributed by atoms with Crippen molar-refractivity contribution in [1.82, 2.24) is 9.55 Å². The number of imidazole rings is 1. The Hall–Kier alpha value is -4.25.